The Morgan fingerprint density at radius 2 is 1.85 bits per heavy atom. The minimum absolute atomic E-state index is 0.0162. The predicted octanol–water partition coefficient (Wildman–Crippen LogP) is 3.63. The number of hydrogen-bond donors (Lipinski definition) is 1. The van der Waals surface area contributed by atoms with Gasteiger partial charge < -0.3 is 19.9 Å². The summed E-state index contributed by atoms with van der Waals surface area (Å²) in [5, 5.41) is 12.6. The van der Waals surface area contributed by atoms with E-state index in [4.69, 9.17) is 4.74 Å². The van der Waals surface area contributed by atoms with Crippen molar-refractivity contribution >= 4 is 11.7 Å². The fourth-order valence-electron chi connectivity index (χ4n) is 4.86. The fraction of sp³-hybridized carbons (Fsp3) is 0.462. The number of benzene rings is 2. The monoisotopic (exact) mass is 447 g/mol. The first kappa shape index (κ1) is 22.9. The molecule has 1 unspecified atom stereocenters. The maximum absolute atomic E-state index is 13.1. The average Bonchev–Trinajstić information content (AvgIpc) is 3.28. The van der Waals surface area contributed by atoms with E-state index < -0.39 is 0 Å². The van der Waals surface area contributed by atoms with Crippen LogP contribution in [-0.4, -0.2) is 68.8 Å². The van der Waals surface area contributed by atoms with E-state index in [9.17, 15) is 10.1 Å². The Bertz CT molecular complexity index is 983. The van der Waals surface area contributed by atoms with E-state index >= 15 is 0 Å². The van der Waals surface area contributed by atoms with Crippen molar-refractivity contribution in [2.24, 2.45) is 0 Å². The number of urea groups is 1. The quantitative estimate of drug-likeness (QED) is 0.732. The van der Waals surface area contributed by atoms with E-state index in [0.717, 1.165) is 44.0 Å². The molecule has 0 aliphatic carbocycles. The number of anilines is 1. The summed E-state index contributed by atoms with van der Waals surface area (Å²) in [7, 11) is 1.68. The van der Waals surface area contributed by atoms with Gasteiger partial charge >= 0.3 is 6.03 Å². The second-order valence-electron chi connectivity index (χ2n) is 8.68. The first-order valence-electron chi connectivity index (χ1n) is 11.8. The van der Waals surface area contributed by atoms with Gasteiger partial charge in [-0.1, -0.05) is 24.3 Å². The standard InChI is InChI=1S/C26H33N5O2/c1-33-23-10-6-9-21(18-23)25(29-12-4-5-13-29)20-28-26(32)31-15-7-14-30(16-17-31)24-11-3-2-8-22(24)19-27/h2-3,6,8-11,18,25H,4-5,7,12-17,20H2,1H3,(H,28,32). The van der Waals surface area contributed by atoms with Gasteiger partial charge in [0, 0.05) is 32.7 Å². The third-order valence-electron chi connectivity index (χ3n) is 6.65. The Labute approximate surface area is 196 Å². The zero-order valence-corrected chi connectivity index (χ0v) is 19.4. The van der Waals surface area contributed by atoms with Crippen molar-refractivity contribution in [1.29, 1.82) is 5.26 Å². The van der Waals surface area contributed by atoms with Gasteiger partial charge in [-0.3, -0.25) is 4.90 Å². The molecule has 1 atom stereocenters. The lowest BCUT2D eigenvalue weighted by Crippen LogP contribution is -2.45. The van der Waals surface area contributed by atoms with Crippen LogP contribution in [0.4, 0.5) is 10.5 Å². The van der Waals surface area contributed by atoms with Crippen molar-refractivity contribution < 1.29 is 9.53 Å². The van der Waals surface area contributed by atoms with Crippen LogP contribution in [0.1, 0.15) is 36.4 Å². The van der Waals surface area contributed by atoms with Crippen LogP contribution in [0.15, 0.2) is 48.5 Å². The van der Waals surface area contributed by atoms with Gasteiger partial charge in [-0.25, -0.2) is 4.79 Å². The Balaban J connectivity index is 1.39. The van der Waals surface area contributed by atoms with Crippen molar-refractivity contribution in [3.63, 3.8) is 0 Å². The highest BCUT2D eigenvalue weighted by Crippen LogP contribution is 2.27. The number of nitrogens with zero attached hydrogens (tertiary/aromatic N) is 4. The van der Waals surface area contributed by atoms with E-state index in [0.29, 0.717) is 25.2 Å². The molecule has 1 N–H and O–H groups in total. The van der Waals surface area contributed by atoms with E-state index in [-0.39, 0.29) is 12.1 Å². The number of nitriles is 1. The number of para-hydroxylation sites is 1. The minimum atomic E-state index is -0.0162. The summed E-state index contributed by atoms with van der Waals surface area (Å²) in [5.41, 5.74) is 2.81. The summed E-state index contributed by atoms with van der Waals surface area (Å²) < 4.78 is 5.43. The summed E-state index contributed by atoms with van der Waals surface area (Å²) in [5.74, 6) is 0.841. The van der Waals surface area contributed by atoms with Gasteiger partial charge in [0.15, 0.2) is 0 Å². The van der Waals surface area contributed by atoms with Crippen LogP contribution in [0.2, 0.25) is 0 Å². The Kier molecular flexibility index (Phi) is 7.69. The van der Waals surface area contributed by atoms with E-state index in [2.05, 4.69) is 33.3 Å². The number of methoxy groups -OCH3 is 1. The lowest BCUT2D eigenvalue weighted by molar-refractivity contribution is 0.191. The number of amides is 2. The molecule has 2 aromatic rings. The minimum Gasteiger partial charge on any atom is -0.497 e. The van der Waals surface area contributed by atoms with Gasteiger partial charge in [0.25, 0.3) is 0 Å². The molecular formula is C26H33N5O2. The molecule has 7 heteroatoms. The molecule has 0 bridgehead atoms. The molecule has 0 aromatic heterocycles. The second kappa shape index (κ2) is 11.1. The molecule has 2 aliphatic rings. The maximum Gasteiger partial charge on any atom is 0.317 e. The summed E-state index contributed by atoms with van der Waals surface area (Å²) >= 11 is 0. The molecule has 2 amide bonds. The van der Waals surface area contributed by atoms with E-state index in [1.165, 1.54) is 18.4 Å². The van der Waals surface area contributed by atoms with Crippen LogP contribution >= 0.6 is 0 Å². The second-order valence-corrected chi connectivity index (χ2v) is 8.68. The molecule has 2 aliphatic heterocycles. The van der Waals surface area contributed by atoms with Crippen LogP contribution in [0.5, 0.6) is 5.75 Å². The Morgan fingerprint density at radius 3 is 2.64 bits per heavy atom. The molecule has 174 valence electrons. The third kappa shape index (κ3) is 5.58. The van der Waals surface area contributed by atoms with Crippen LogP contribution in [0.25, 0.3) is 0 Å². The fourth-order valence-corrected chi connectivity index (χ4v) is 4.86. The predicted molar refractivity (Wildman–Crippen MR) is 130 cm³/mol. The van der Waals surface area contributed by atoms with Crippen molar-refractivity contribution in [2.75, 3.05) is 57.8 Å². The largest absolute Gasteiger partial charge is 0.497 e. The van der Waals surface area contributed by atoms with Gasteiger partial charge in [0.2, 0.25) is 0 Å². The SMILES string of the molecule is COc1cccc(C(CNC(=O)N2CCCN(c3ccccc3C#N)CC2)N2CCCC2)c1. The number of likely N-dealkylation sites (tertiary alicyclic amines) is 1. The molecule has 2 fully saturated rings. The topological polar surface area (TPSA) is 71.8 Å². The number of carbonyl (C=O) groups is 1. The molecule has 33 heavy (non-hydrogen) atoms. The number of carbonyl (C=O) groups excluding carboxylic acids is 1. The maximum atomic E-state index is 13.1. The van der Waals surface area contributed by atoms with E-state index in [1.807, 2.05) is 41.3 Å². The van der Waals surface area contributed by atoms with Gasteiger partial charge in [-0.2, -0.15) is 5.26 Å². The van der Waals surface area contributed by atoms with Gasteiger partial charge in [0.1, 0.15) is 11.8 Å². The van der Waals surface area contributed by atoms with E-state index in [1.54, 1.807) is 7.11 Å². The molecule has 0 spiro atoms. The van der Waals surface area contributed by atoms with Gasteiger partial charge in [0.05, 0.1) is 24.4 Å². The van der Waals surface area contributed by atoms with Crippen LogP contribution in [0, 0.1) is 11.3 Å². The molecule has 7 nitrogen and oxygen atoms in total. The smallest absolute Gasteiger partial charge is 0.317 e. The Morgan fingerprint density at radius 1 is 1.03 bits per heavy atom. The molecule has 2 saturated heterocycles. The first-order valence-corrected chi connectivity index (χ1v) is 11.8. The zero-order valence-electron chi connectivity index (χ0n) is 19.4. The van der Waals surface area contributed by atoms with Crippen molar-refractivity contribution in [3.8, 4) is 11.8 Å². The summed E-state index contributed by atoms with van der Waals surface area (Å²) in [6.07, 6.45) is 3.26. The first-order chi connectivity index (χ1) is 16.2. The number of ether oxygens (including phenoxy) is 1. The lowest BCUT2D eigenvalue weighted by Gasteiger charge is -2.30. The molecule has 2 aromatic carbocycles. The highest BCUT2D eigenvalue weighted by Gasteiger charge is 2.26. The lowest BCUT2D eigenvalue weighted by atomic mass is 10.1. The van der Waals surface area contributed by atoms with Crippen LogP contribution < -0.4 is 15.0 Å². The number of hydrogen-bond acceptors (Lipinski definition) is 5. The van der Waals surface area contributed by atoms with Crippen molar-refractivity contribution in [1.82, 2.24) is 15.1 Å². The number of nitrogens with one attached hydrogen (secondary N) is 1. The average molecular weight is 448 g/mol. The van der Waals surface area contributed by atoms with Gasteiger partial charge in [-0.15, -0.1) is 0 Å². The van der Waals surface area contributed by atoms with Gasteiger partial charge in [-0.05, 0) is 62.2 Å². The van der Waals surface area contributed by atoms with Crippen molar-refractivity contribution in [2.45, 2.75) is 25.3 Å². The van der Waals surface area contributed by atoms with Crippen molar-refractivity contribution in [3.05, 3.63) is 59.7 Å². The summed E-state index contributed by atoms with van der Waals surface area (Å²) in [4.78, 5) is 19.7. The van der Waals surface area contributed by atoms with Crippen LogP contribution in [-0.2, 0) is 0 Å². The zero-order chi connectivity index (χ0) is 23.0. The molecule has 0 saturated carbocycles. The Hall–Kier alpha value is -3.24. The normalized spacial score (nSPS) is 17.8. The molecular weight excluding hydrogens is 414 g/mol. The number of rotatable bonds is 6. The molecule has 2 heterocycles. The molecule has 4 rings (SSSR count). The van der Waals surface area contributed by atoms with Crippen LogP contribution in [0.3, 0.4) is 0 Å². The third-order valence-corrected chi connectivity index (χ3v) is 6.65. The highest BCUT2D eigenvalue weighted by atomic mass is 16.5. The summed E-state index contributed by atoms with van der Waals surface area (Å²) in [6, 6.07) is 18.3. The summed E-state index contributed by atoms with van der Waals surface area (Å²) in [6.45, 7) is 5.58. The highest BCUT2D eigenvalue weighted by molar-refractivity contribution is 5.74. The molecule has 0 radical (unpaired) electrons.